The summed E-state index contributed by atoms with van der Waals surface area (Å²) < 4.78 is 0. The van der Waals surface area contributed by atoms with Gasteiger partial charge in [0, 0.05) is 6.04 Å². The highest BCUT2D eigenvalue weighted by Crippen LogP contribution is 2.00. The van der Waals surface area contributed by atoms with Gasteiger partial charge in [-0.25, -0.2) is 0 Å². The zero-order valence-electron chi connectivity index (χ0n) is 7.30. The number of rotatable bonds is 4. The Hall–Kier alpha value is -0.300. The molecule has 0 bridgehead atoms. The summed E-state index contributed by atoms with van der Waals surface area (Å²) in [5.74, 6) is 0.750. The molecule has 0 aliphatic heterocycles. The first-order chi connectivity index (χ1) is 4.66. The monoisotopic (exact) mass is 141 g/mol. The molecule has 1 nitrogen and oxygen atoms in total. The van der Waals surface area contributed by atoms with Gasteiger partial charge in [-0.15, -0.1) is 0 Å². The SMILES string of the molecule is CCC(N)/C=C\CC(C)C. The van der Waals surface area contributed by atoms with E-state index in [1.807, 2.05) is 0 Å². The molecule has 0 spiro atoms. The van der Waals surface area contributed by atoms with Crippen molar-refractivity contribution in [2.24, 2.45) is 11.7 Å². The molecule has 2 N–H and O–H groups in total. The Morgan fingerprint density at radius 2 is 2.00 bits per heavy atom. The molecule has 0 saturated heterocycles. The molecule has 1 heteroatoms. The van der Waals surface area contributed by atoms with E-state index in [0.717, 1.165) is 18.8 Å². The van der Waals surface area contributed by atoms with Crippen molar-refractivity contribution in [3.05, 3.63) is 12.2 Å². The van der Waals surface area contributed by atoms with E-state index in [0.29, 0.717) is 0 Å². The second kappa shape index (κ2) is 5.48. The summed E-state index contributed by atoms with van der Waals surface area (Å²) in [5, 5.41) is 0. The molecular weight excluding hydrogens is 122 g/mol. The first-order valence-corrected chi connectivity index (χ1v) is 4.09. The highest BCUT2D eigenvalue weighted by atomic mass is 14.6. The van der Waals surface area contributed by atoms with Crippen molar-refractivity contribution in [2.75, 3.05) is 0 Å². The van der Waals surface area contributed by atoms with Gasteiger partial charge in [0.05, 0.1) is 0 Å². The first kappa shape index (κ1) is 9.70. The molecule has 1 atom stereocenters. The fraction of sp³-hybridized carbons (Fsp3) is 0.778. The summed E-state index contributed by atoms with van der Waals surface area (Å²) in [6.45, 7) is 6.52. The largest absolute Gasteiger partial charge is 0.324 e. The fourth-order valence-electron chi connectivity index (χ4n) is 0.662. The molecule has 10 heavy (non-hydrogen) atoms. The fourth-order valence-corrected chi connectivity index (χ4v) is 0.662. The topological polar surface area (TPSA) is 26.0 Å². The maximum Gasteiger partial charge on any atom is 0.0221 e. The van der Waals surface area contributed by atoms with Crippen molar-refractivity contribution in [1.29, 1.82) is 0 Å². The van der Waals surface area contributed by atoms with Crippen LogP contribution in [0, 0.1) is 5.92 Å². The molecule has 0 radical (unpaired) electrons. The van der Waals surface area contributed by atoms with Crippen LogP contribution in [0.2, 0.25) is 0 Å². The standard InChI is InChI=1S/C9H19N/c1-4-9(10)7-5-6-8(2)3/h5,7-9H,4,6,10H2,1-3H3/b7-5-. The van der Waals surface area contributed by atoms with Crippen molar-refractivity contribution in [3.8, 4) is 0 Å². The molecular formula is C9H19N. The number of nitrogens with two attached hydrogens (primary N) is 1. The minimum Gasteiger partial charge on any atom is -0.324 e. The molecule has 0 aromatic heterocycles. The van der Waals surface area contributed by atoms with Gasteiger partial charge in [-0.1, -0.05) is 32.9 Å². The van der Waals surface area contributed by atoms with Gasteiger partial charge < -0.3 is 5.73 Å². The van der Waals surface area contributed by atoms with Gasteiger partial charge >= 0.3 is 0 Å². The van der Waals surface area contributed by atoms with E-state index < -0.39 is 0 Å². The zero-order chi connectivity index (χ0) is 7.98. The van der Waals surface area contributed by atoms with Crippen molar-refractivity contribution in [2.45, 2.75) is 39.7 Å². The Morgan fingerprint density at radius 3 is 2.40 bits per heavy atom. The van der Waals surface area contributed by atoms with Crippen molar-refractivity contribution in [3.63, 3.8) is 0 Å². The maximum absolute atomic E-state index is 5.67. The van der Waals surface area contributed by atoms with E-state index in [1.54, 1.807) is 0 Å². The average molecular weight is 141 g/mol. The van der Waals surface area contributed by atoms with Gasteiger partial charge in [-0.3, -0.25) is 0 Å². The number of hydrogen-bond donors (Lipinski definition) is 1. The molecule has 1 unspecified atom stereocenters. The van der Waals surface area contributed by atoms with Gasteiger partial charge in [-0.2, -0.15) is 0 Å². The van der Waals surface area contributed by atoms with Crippen LogP contribution in [0.3, 0.4) is 0 Å². The van der Waals surface area contributed by atoms with E-state index in [-0.39, 0.29) is 6.04 Å². The first-order valence-electron chi connectivity index (χ1n) is 4.09. The van der Waals surface area contributed by atoms with E-state index in [2.05, 4.69) is 32.9 Å². The van der Waals surface area contributed by atoms with Gasteiger partial charge in [0.2, 0.25) is 0 Å². The van der Waals surface area contributed by atoms with Gasteiger partial charge in [0.1, 0.15) is 0 Å². The van der Waals surface area contributed by atoms with Crippen LogP contribution in [0.1, 0.15) is 33.6 Å². The molecule has 0 rings (SSSR count). The summed E-state index contributed by atoms with van der Waals surface area (Å²) in [7, 11) is 0. The Balaban J connectivity index is 3.36. The van der Waals surface area contributed by atoms with Crippen LogP contribution in [0.5, 0.6) is 0 Å². The minimum absolute atomic E-state index is 0.263. The number of allylic oxidation sites excluding steroid dienone is 1. The third kappa shape index (κ3) is 5.83. The second-order valence-corrected chi connectivity index (χ2v) is 3.13. The minimum atomic E-state index is 0.263. The molecule has 0 aliphatic carbocycles. The van der Waals surface area contributed by atoms with Crippen LogP contribution >= 0.6 is 0 Å². The molecule has 0 heterocycles. The van der Waals surface area contributed by atoms with Crippen molar-refractivity contribution in [1.82, 2.24) is 0 Å². The summed E-state index contributed by atoms with van der Waals surface area (Å²) >= 11 is 0. The predicted octanol–water partition coefficient (Wildman–Crippen LogP) is 2.33. The van der Waals surface area contributed by atoms with E-state index in [1.165, 1.54) is 0 Å². The van der Waals surface area contributed by atoms with Crippen molar-refractivity contribution < 1.29 is 0 Å². The van der Waals surface area contributed by atoms with Gasteiger partial charge in [0.25, 0.3) is 0 Å². The van der Waals surface area contributed by atoms with Crippen LogP contribution in [0.15, 0.2) is 12.2 Å². The summed E-state index contributed by atoms with van der Waals surface area (Å²) in [6, 6.07) is 0.263. The highest BCUT2D eigenvalue weighted by molar-refractivity contribution is 4.90. The second-order valence-electron chi connectivity index (χ2n) is 3.13. The molecule has 0 aliphatic rings. The maximum atomic E-state index is 5.67. The Kier molecular flexibility index (Phi) is 5.32. The summed E-state index contributed by atoms with van der Waals surface area (Å²) in [5.41, 5.74) is 5.67. The van der Waals surface area contributed by atoms with E-state index in [9.17, 15) is 0 Å². The lowest BCUT2D eigenvalue weighted by molar-refractivity contribution is 0.658. The Morgan fingerprint density at radius 1 is 1.40 bits per heavy atom. The normalized spacial score (nSPS) is 14.9. The molecule has 0 saturated carbocycles. The molecule has 60 valence electrons. The molecule has 0 amide bonds. The van der Waals surface area contributed by atoms with Crippen LogP contribution in [0.25, 0.3) is 0 Å². The third-order valence-electron chi connectivity index (χ3n) is 1.46. The third-order valence-corrected chi connectivity index (χ3v) is 1.46. The van der Waals surface area contributed by atoms with Crippen LogP contribution in [-0.2, 0) is 0 Å². The summed E-state index contributed by atoms with van der Waals surface area (Å²) in [4.78, 5) is 0. The lowest BCUT2D eigenvalue weighted by Gasteiger charge is -2.01. The van der Waals surface area contributed by atoms with E-state index in [4.69, 9.17) is 5.73 Å². The molecule has 0 fully saturated rings. The van der Waals surface area contributed by atoms with Crippen LogP contribution < -0.4 is 5.73 Å². The Labute approximate surface area is 64.3 Å². The lowest BCUT2D eigenvalue weighted by Crippen LogP contribution is -2.14. The highest BCUT2D eigenvalue weighted by Gasteiger charge is 1.91. The molecule has 0 aromatic rings. The average Bonchev–Trinajstić information content (AvgIpc) is 1.87. The summed E-state index contributed by atoms with van der Waals surface area (Å²) in [6.07, 6.45) is 6.46. The number of hydrogen-bond acceptors (Lipinski definition) is 1. The van der Waals surface area contributed by atoms with Crippen molar-refractivity contribution >= 4 is 0 Å². The zero-order valence-corrected chi connectivity index (χ0v) is 7.30. The van der Waals surface area contributed by atoms with E-state index >= 15 is 0 Å². The lowest BCUT2D eigenvalue weighted by atomic mass is 10.1. The smallest absolute Gasteiger partial charge is 0.0221 e. The quantitative estimate of drug-likeness (QED) is 0.597. The van der Waals surface area contributed by atoms with Gasteiger partial charge in [0.15, 0.2) is 0 Å². The van der Waals surface area contributed by atoms with Crippen LogP contribution in [0.4, 0.5) is 0 Å². The van der Waals surface area contributed by atoms with Crippen LogP contribution in [-0.4, -0.2) is 6.04 Å². The molecule has 0 aromatic carbocycles. The Bertz CT molecular complexity index is 94.9. The predicted molar refractivity (Wildman–Crippen MR) is 46.9 cm³/mol. The van der Waals surface area contributed by atoms with Gasteiger partial charge in [-0.05, 0) is 18.8 Å².